The van der Waals surface area contributed by atoms with Crippen LogP contribution in [0.15, 0.2) is 9.90 Å². The van der Waals surface area contributed by atoms with Gasteiger partial charge in [0.15, 0.2) is 10.8 Å². The number of nitrogens with one attached hydrogen (secondary N) is 1. The highest BCUT2D eigenvalue weighted by atomic mass is 32.1. The lowest BCUT2D eigenvalue weighted by molar-refractivity contribution is 0.0948. The number of carbonyl (C=O) groups excluding carboxylic acids is 1. The van der Waals surface area contributed by atoms with E-state index in [-0.39, 0.29) is 5.91 Å². The van der Waals surface area contributed by atoms with E-state index in [9.17, 15) is 4.79 Å². The molecule has 0 saturated heterocycles. The van der Waals surface area contributed by atoms with Gasteiger partial charge in [-0.1, -0.05) is 25.9 Å². The van der Waals surface area contributed by atoms with Crippen molar-refractivity contribution in [2.45, 2.75) is 27.2 Å². The molecule has 2 aromatic rings. The third-order valence-electron chi connectivity index (χ3n) is 2.37. The van der Waals surface area contributed by atoms with Gasteiger partial charge in [-0.3, -0.25) is 4.79 Å². The third-order valence-corrected chi connectivity index (χ3v) is 3.21. The van der Waals surface area contributed by atoms with Crippen LogP contribution in [0.2, 0.25) is 0 Å². The molecule has 0 aliphatic carbocycles. The van der Waals surface area contributed by atoms with Gasteiger partial charge in [-0.05, 0) is 5.92 Å². The maximum Gasteiger partial charge on any atom is 0.280 e. The van der Waals surface area contributed by atoms with Crippen molar-refractivity contribution in [3.8, 4) is 11.6 Å². The number of amides is 1. The lowest BCUT2D eigenvalue weighted by atomic mass is 10.2. The molecule has 102 valence electrons. The topological polar surface area (TPSA) is 80.9 Å². The van der Waals surface area contributed by atoms with Crippen LogP contribution >= 0.6 is 11.3 Å². The number of thiazole rings is 1. The maximum absolute atomic E-state index is 11.8. The Morgan fingerprint density at radius 3 is 2.89 bits per heavy atom. The fraction of sp³-hybridized carbons (Fsp3) is 0.500. The van der Waals surface area contributed by atoms with Gasteiger partial charge in [0.25, 0.3) is 11.8 Å². The zero-order valence-corrected chi connectivity index (χ0v) is 12.0. The van der Waals surface area contributed by atoms with Crippen LogP contribution in [0.5, 0.6) is 0 Å². The first kappa shape index (κ1) is 13.7. The Bertz CT molecular complexity index is 562. The van der Waals surface area contributed by atoms with Gasteiger partial charge in [-0.15, -0.1) is 11.3 Å². The number of nitrogens with zero attached hydrogens (tertiary/aromatic N) is 3. The summed E-state index contributed by atoms with van der Waals surface area (Å²) >= 11 is 1.27. The monoisotopic (exact) mass is 280 g/mol. The largest absolute Gasteiger partial charge is 0.350 e. The predicted molar refractivity (Wildman–Crippen MR) is 72.0 cm³/mol. The Morgan fingerprint density at radius 2 is 2.26 bits per heavy atom. The van der Waals surface area contributed by atoms with E-state index in [1.807, 2.05) is 20.8 Å². The molecule has 2 heterocycles. The molecule has 0 atom stereocenters. The highest BCUT2D eigenvalue weighted by molar-refractivity contribution is 7.12. The lowest BCUT2D eigenvalue weighted by Crippen LogP contribution is -2.27. The van der Waals surface area contributed by atoms with Gasteiger partial charge in [0.1, 0.15) is 5.69 Å². The van der Waals surface area contributed by atoms with Crippen molar-refractivity contribution in [1.82, 2.24) is 20.4 Å². The van der Waals surface area contributed by atoms with Gasteiger partial charge >= 0.3 is 0 Å². The first-order valence-electron chi connectivity index (χ1n) is 6.16. The van der Waals surface area contributed by atoms with Crippen molar-refractivity contribution in [3.05, 3.63) is 16.2 Å². The summed E-state index contributed by atoms with van der Waals surface area (Å²) in [6.45, 7) is 6.66. The Kier molecular flexibility index (Phi) is 4.26. The molecule has 0 aliphatic heterocycles. The van der Waals surface area contributed by atoms with Gasteiger partial charge in [0.2, 0.25) is 0 Å². The van der Waals surface area contributed by atoms with E-state index < -0.39 is 0 Å². The molecule has 6 nitrogen and oxygen atoms in total. The molecule has 1 amide bonds. The van der Waals surface area contributed by atoms with Crippen molar-refractivity contribution in [1.29, 1.82) is 0 Å². The quantitative estimate of drug-likeness (QED) is 0.907. The molecular formula is C12H16N4O2S. The molecule has 19 heavy (non-hydrogen) atoms. The van der Waals surface area contributed by atoms with Gasteiger partial charge in [0.05, 0.1) is 0 Å². The van der Waals surface area contributed by atoms with Crippen molar-refractivity contribution in [2.75, 3.05) is 6.54 Å². The first-order chi connectivity index (χ1) is 9.10. The summed E-state index contributed by atoms with van der Waals surface area (Å²) in [5.41, 5.74) is 0.548. The first-order valence-corrected chi connectivity index (χ1v) is 7.04. The van der Waals surface area contributed by atoms with Gasteiger partial charge < -0.3 is 9.84 Å². The highest BCUT2D eigenvalue weighted by Gasteiger charge is 2.15. The highest BCUT2D eigenvalue weighted by Crippen LogP contribution is 2.20. The Balaban J connectivity index is 2.08. The zero-order chi connectivity index (χ0) is 13.8. The number of rotatable bonds is 5. The van der Waals surface area contributed by atoms with E-state index in [1.54, 1.807) is 5.38 Å². The SMILES string of the molecule is CCc1noc(-c2csc(C(=O)NCC(C)C)n2)n1. The molecule has 0 aliphatic rings. The molecular weight excluding hydrogens is 264 g/mol. The minimum atomic E-state index is -0.166. The third kappa shape index (κ3) is 3.37. The summed E-state index contributed by atoms with van der Waals surface area (Å²) in [7, 11) is 0. The second kappa shape index (κ2) is 5.92. The van der Waals surface area contributed by atoms with Crippen molar-refractivity contribution < 1.29 is 9.32 Å². The van der Waals surface area contributed by atoms with Gasteiger partial charge in [0, 0.05) is 18.3 Å². The maximum atomic E-state index is 11.8. The van der Waals surface area contributed by atoms with Crippen molar-refractivity contribution >= 4 is 17.2 Å². The minimum absolute atomic E-state index is 0.166. The van der Waals surface area contributed by atoms with Crippen LogP contribution in [-0.2, 0) is 6.42 Å². The van der Waals surface area contributed by atoms with Crippen LogP contribution in [0, 0.1) is 5.92 Å². The van der Waals surface area contributed by atoms with E-state index in [0.717, 1.165) is 0 Å². The summed E-state index contributed by atoms with van der Waals surface area (Å²) in [6, 6.07) is 0. The average Bonchev–Trinajstić information content (AvgIpc) is 3.03. The molecule has 0 unspecified atom stereocenters. The van der Waals surface area contributed by atoms with E-state index in [0.29, 0.717) is 41.3 Å². The van der Waals surface area contributed by atoms with Crippen LogP contribution in [-0.4, -0.2) is 27.6 Å². The van der Waals surface area contributed by atoms with Crippen LogP contribution in [0.25, 0.3) is 11.6 Å². The van der Waals surface area contributed by atoms with Gasteiger partial charge in [-0.2, -0.15) is 4.98 Å². The zero-order valence-electron chi connectivity index (χ0n) is 11.1. The molecule has 1 N–H and O–H groups in total. The normalized spacial score (nSPS) is 10.9. The Morgan fingerprint density at radius 1 is 1.47 bits per heavy atom. The Labute approximate surface area is 115 Å². The summed E-state index contributed by atoms with van der Waals surface area (Å²) < 4.78 is 5.08. The molecule has 0 radical (unpaired) electrons. The molecule has 2 aromatic heterocycles. The number of carbonyl (C=O) groups is 1. The summed E-state index contributed by atoms with van der Waals surface area (Å²) in [5.74, 6) is 1.23. The molecule has 0 fully saturated rings. The van der Waals surface area contributed by atoms with Crippen LogP contribution < -0.4 is 5.32 Å². The second-order valence-corrected chi connectivity index (χ2v) is 5.37. The number of aryl methyl sites for hydroxylation is 1. The lowest BCUT2D eigenvalue weighted by Gasteiger charge is -2.04. The smallest absolute Gasteiger partial charge is 0.280 e. The standard InChI is InChI=1S/C12H16N4O2S/c1-4-9-15-11(18-16-9)8-6-19-12(14-8)10(17)13-5-7(2)3/h6-7H,4-5H2,1-3H3,(H,13,17). The minimum Gasteiger partial charge on any atom is -0.350 e. The summed E-state index contributed by atoms with van der Waals surface area (Å²) in [6.07, 6.45) is 0.704. The molecule has 2 rings (SSSR count). The summed E-state index contributed by atoms with van der Waals surface area (Å²) in [4.78, 5) is 20.2. The number of aromatic nitrogens is 3. The van der Waals surface area contributed by atoms with Crippen LogP contribution in [0.4, 0.5) is 0 Å². The van der Waals surface area contributed by atoms with Crippen molar-refractivity contribution in [3.63, 3.8) is 0 Å². The van der Waals surface area contributed by atoms with Crippen molar-refractivity contribution in [2.24, 2.45) is 5.92 Å². The average molecular weight is 280 g/mol. The molecule has 0 spiro atoms. The van der Waals surface area contributed by atoms with E-state index in [4.69, 9.17) is 4.52 Å². The number of hydrogen-bond acceptors (Lipinski definition) is 6. The Hall–Kier alpha value is -1.76. The van der Waals surface area contributed by atoms with E-state index in [2.05, 4.69) is 20.4 Å². The van der Waals surface area contributed by atoms with Crippen LogP contribution in [0.3, 0.4) is 0 Å². The van der Waals surface area contributed by atoms with Gasteiger partial charge in [-0.25, -0.2) is 4.98 Å². The molecule has 0 aromatic carbocycles. The summed E-state index contributed by atoms with van der Waals surface area (Å²) in [5, 5.41) is 8.78. The fourth-order valence-electron chi connectivity index (χ4n) is 1.35. The molecule has 7 heteroatoms. The predicted octanol–water partition coefficient (Wildman–Crippen LogP) is 2.14. The molecule has 0 bridgehead atoms. The van der Waals surface area contributed by atoms with E-state index >= 15 is 0 Å². The number of hydrogen-bond donors (Lipinski definition) is 1. The molecule has 0 saturated carbocycles. The fourth-order valence-corrected chi connectivity index (χ4v) is 2.06. The second-order valence-electron chi connectivity index (χ2n) is 4.51. The van der Waals surface area contributed by atoms with E-state index in [1.165, 1.54) is 11.3 Å². The van der Waals surface area contributed by atoms with Crippen LogP contribution in [0.1, 0.15) is 36.4 Å².